The fourth-order valence-corrected chi connectivity index (χ4v) is 1.39. The highest BCUT2D eigenvalue weighted by atomic mass is 79.9. The standard InChI is InChI=1S/C10H10BrNO4/c1-5(10(15)16)12-9(14)7-4-6(11)2-3-8(7)13/h2-5,13H,1H3,(H,12,14)(H,15,16)/t5-/m1/s1. The third-order valence-electron chi connectivity index (χ3n) is 1.92. The molecule has 1 rings (SSSR count). The van der Waals surface area contributed by atoms with Crippen molar-refractivity contribution in [1.29, 1.82) is 0 Å². The van der Waals surface area contributed by atoms with Gasteiger partial charge in [-0.3, -0.25) is 9.59 Å². The molecule has 3 N–H and O–H groups in total. The van der Waals surface area contributed by atoms with Crippen LogP contribution in [0.1, 0.15) is 17.3 Å². The number of hydrogen-bond acceptors (Lipinski definition) is 3. The van der Waals surface area contributed by atoms with Crippen LogP contribution in [0.15, 0.2) is 22.7 Å². The first-order valence-corrected chi connectivity index (χ1v) is 5.23. The highest BCUT2D eigenvalue weighted by Gasteiger charge is 2.17. The van der Waals surface area contributed by atoms with Crippen molar-refractivity contribution in [2.75, 3.05) is 0 Å². The van der Waals surface area contributed by atoms with E-state index in [-0.39, 0.29) is 11.3 Å². The topological polar surface area (TPSA) is 86.6 Å². The summed E-state index contributed by atoms with van der Waals surface area (Å²) in [7, 11) is 0. The first-order chi connectivity index (χ1) is 7.41. The van der Waals surface area contributed by atoms with E-state index >= 15 is 0 Å². The summed E-state index contributed by atoms with van der Waals surface area (Å²) in [6.45, 7) is 1.34. The van der Waals surface area contributed by atoms with Gasteiger partial charge in [0.05, 0.1) is 5.56 Å². The molecule has 1 aromatic rings. The van der Waals surface area contributed by atoms with E-state index in [1.54, 1.807) is 6.07 Å². The number of carboxylic acids is 1. The molecule has 0 radical (unpaired) electrons. The first-order valence-electron chi connectivity index (χ1n) is 4.44. The zero-order chi connectivity index (χ0) is 12.3. The number of carbonyl (C=O) groups is 2. The smallest absolute Gasteiger partial charge is 0.325 e. The molecular formula is C10H10BrNO4. The number of nitrogens with one attached hydrogen (secondary N) is 1. The van der Waals surface area contributed by atoms with E-state index in [0.29, 0.717) is 4.47 Å². The van der Waals surface area contributed by atoms with Gasteiger partial charge in [0.1, 0.15) is 11.8 Å². The summed E-state index contributed by atoms with van der Waals surface area (Å²) < 4.78 is 0.624. The van der Waals surface area contributed by atoms with Crippen LogP contribution < -0.4 is 5.32 Å². The van der Waals surface area contributed by atoms with E-state index in [2.05, 4.69) is 21.2 Å². The zero-order valence-electron chi connectivity index (χ0n) is 8.40. The van der Waals surface area contributed by atoms with Crippen LogP contribution in [-0.4, -0.2) is 28.1 Å². The Morgan fingerprint density at radius 1 is 1.44 bits per heavy atom. The number of hydrogen-bond donors (Lipinski definition) is 3. The quantitative estimate of drug-likeness (QED) is 0.783. The first kappa shape index (κ1) is 12.5. The molecule has 0 aromatic heterocycles. The number of carboxylic acid groups (broad SMARTS) is 1. The lowest BCUT2D eigenvalue weighted by Crippen LogP contribution is -2.38. The Morgan fingerprint density at radius 2 is 2.06 bits per heavy atom. The molecule has 0 saturated carbocycles. The molecule has 0 aliphatic heterocycles. The Balaban J connectivity index is 2.88. The van der Waals surface area contributed by atoms with Crippen molar-refractivity contribution in [3.8, 4) is 5.75 Å². The molecule has 0 unspecified atom stereocenters. The number of carbonyl (C=O) groups excluding carboxylic acids is 1. The third-order valence-corrected chi connectivity index (χ3v) is 2.41. The van der Waals surface area contributed by atoms with E-state index in [1.807, 2.05) is 0 Å². The fourth-order valence-electron chi connectivity index (χ4n) is 1.03. The Hall–Kier alpha value is -1.56. The number of rotatable bonds is 3. The Kier molecular flexibility index (Phi) is 3.89. The molecule has 0 aliphatic carbocycles. The summed E-state index contributed by atoms with van der Waals surface area (Å²) >= 11 is 3.15. The van der Waals surface area contributed by atoms with Gasteiger partial charge in [0, 0.05) is 4.47 Å². The van der Waals surface area contributed by atoms with Crippen molar-refractivity contribution >= 4 is 27.8 Å². The molecule has 1 atom stereocenters. The predicted molar refractivity (Wildman–Crippen MR) is 60.4 cm³/mol. The Morgan fingerprint density at radius 3 is 2.62 bits per heavy atom. The third kappa shape index (κ3) is 2.96. The number of benzene rings is 1. The highest BCUT2D eigenvalue weighted by Crippen LogP contribution is 2.21. The van der Waals surface area contributed by atoms with Crippen molar-refractivity contribution in [2.24, 2.45) is 0 Å². The van der Waals surface area contributed by atoms with Crippen molar-refractivity contribution < 1.29 is 19.8 Å². The minimum Gasteiger partial charge on any atom is -0.507 e. The van der Waals surface area contributed by atoms with Gasteiger partial charge in [0.2, 0.25) is 0 Å². The highest BCUT2D eigenvalue weighted by molar-refractivity contribution is 9.10. The maximum Gasteiger partial charge on any atom is 0.325 e. The van der Waals surface area contributed by atoms with Crippen molar-refractivity contribution in [3.63, 3.8) is 0 Å². The number of halogens is 1. The fraction of sp³-hybridized carbons (Fsp3) is 0.200. The van der Waals surface area contributed by atoms with Crippen LogP contribution in [0, 0.1) is 0 Å². The molecule has 0 heterocycles. The second kappa shape index (κ2) is 4.98. The Bertz CT molecular complexity index is 433. The zero-order valence-corrected chi connectivity index (χ0v) is 9.98. The van der Waals surface area contributed by atoms with Crippen molar-refractivity contribution in [3.05, 3.63) is 28.2 Å². The summed E-state index contributed by atoms with van der Waals surface area (Å²) in [5, 5.41) is 20.3. The molecule has 6 heteroatoms. The molecule has 0 spiro atoms. The van der Waals surface area contributed by atoms with E-state index in [0.717, 1.165) is 0 Å². The molecule has 0 bridgehead atoms. The van der Waals surface area contributed by atoms with Gasteiger partial charge >= 0.3 is 5.97 Å². The second-order valence-electron chi connectivity index (χ2n) is 3.19. The van der Waals surface area contributed by atoms with Crippen LogP contribution in [0.3, 0.4) is 0 Å². The average molecular weight is 288 g/mol. The van der Waals surface area contributed by atoms with Crippen LogP contribution in [0.5, 0.6) is 5.75 Å². The lowest BCUT2D eigenvalue weighted by Gasteiger charge is -2.10. The van der Waals surface area contributed by atoms with E-state index < -0.39 is 17.9 Å². The molecular weight excluding hydrogens is 278 g/mol. The number of aliphatic carboxylic acids is 1. The molecule has 0 aliphatic rings. The number of amides is 1. The van der Waals surface area contributed by atoms with Crippen LogP contribution in [0.25, 0.3) is 0 Å². The summed E-state index contributed by atoms with van der Waals surface area (Å²) in [6.07, 6.45) is 0. The molecule has 0 saturated heterocycles. The number of phenols is 1. The monoisotopic (exact) mass is 287 g/mol. The van der Waals surface area contributed by atoms with Gasteiger partial charge in [-0.15, -0.1) is 0 Å². The van der Waals surface area contributed by atoms with Crippen LogP contribution in [-0.2, 0) is 4.79 Å². The normalized spacial score (nSPS) is 11.9. The molecule has 1 aromatic carbocycles. The molecule has 86 valence electrons. The SMILES string of the molecule is C[C@@H](NC(=O)c1cc(Br)ccc1O)C(=O)O. The maximum atomic E-state index is 11.6. The largest absolute Gasteiger partial charge is 0.507 e. The lowest BCUT2D eigenvalue weighted by molar-refractivity contribution is -0.138. The second-order valence-corrected chi connectivity index (χ2v) is 4.11. The van der Waals surface area contributed by atoms with E-state index in [1.165, 1.54) is 19.1 Å². The van der Waals surface area contributed by atoms with Gasteiger partial charge in [-0.2, -0.15) is 0 Å². The summed E-state index contributed by atoms with van der Waals surface area (Å²) in [5.41, 5.74) is 0.0301. The summed E-state index contributed by atoms with van der Waals surface area (Å²) in [6, 6.07) is 3.34. The Labute approximate surface area is 100 Å². The minimum absolute atomic E-state index is 0.0301. The lowest BCUT2D eigenvalue weighted by atomic mass is 10.2. The van der Waals surface area contributed by atoms with Gasteiger partial charge in [-0.25, -0.2) is 0 Å². The summed E-state index contributed by atoms with van der Waals surface area (Å²) in [4.78, 5) is 22.1. The van der Waals surface area contributed by atoms with Gasteiger partial charge in [-0.05, 0) is 25.1 Å². The van der Waals surface area contributed by atoms with Crippen LogP contribution >= 0.6 is 15.9 Å². The predicted octanol–water partition coefficient (Wildman–Crippen LogP) is 1.36. The van der Waals surface area contributed by atoms with Gasteiger partial charge in [0.15, 0.2) is 0 Å². The number of phenolic OH excluding ortho intramolecular Hbond substituents is 1. The molecule has 1 amide bonds. The van der Waals surface area contributed by atoms with E-state index in [4.69, 9.17) is 5.11 Å². The van der Waals surface area contributed by atoms with Crippen molar-refractivity contribution in [2.45, 2.75) is 13.0 Å². The van der Waals surface area contributed by atoms with Gasteiger partial charge in [-0.1, -0.05) is 15.9 Å². The summed E-state index contributed by atoms with van der Waals surface area (Å²) in [5.74, 6) is -1.96. The molecule has 0 fully saturated rings. The van der Waals surface area contributed by atoms with Crippen molar-refractivity contribution in [1.82, 2.24) is 5.32 Å². The van der Waals surface area contributed by atoms with Gasteiger partial charge in [0.25, 0.3) is 5.91 Å². The van der Waals surface area contributed by atoms with Crippen LogP contribution in [0.2, 0.25) is 0 Å². The average Bonchev–Trinajstić information content (AvgIpc) is 2.21. The van der Waals surface area contributed by atoms with E-state index in [9.17, 15) is 14.7 Å². The number of aromatic hydroxyl groups is 1. The molecule has 16 heavy (non-hydrogen) atoms. The molecule has 5 nitrogen and oxygen atoms in total. The van der Waals surface area contributed by atoms with Gasteiger partial charge < -0.3 is 15.5 Å². The minimum atomic E-state index is -1.14. The van der Waals surface area contributed by atoms with Crippen LogP contribution in [0.4, 0.5) is 0 Å². The maximum absolute atomic E-state index is 11.6.